The van der Waals surface area contributed by atoms with Crippen molar-refractivity contribution in [1.29, 1.82) is 0 Å². The number of hydrogen-bond acceptors (Lipinski definition) is 5. The summed E-state index contributed by atoms with van der Waals surface area (Å²) in [6, 6.07) is 8.74. The Bertz CT molecular complexity index is 1200. The highest BCUT2D eigenvalue weighted by molar-refractivity contribution is 8.18. The molecule has 36 heavy (non-hydrogen) atoms. The van der Waals surface area contributed by atoms with Gasteiger partial charge in [0.2, 0.25) is 5.91 Å². The van der Waals surface area contributed by atoms with Gasteiger partial charge in [0.15, 0.2) is 5.17 Å². The molecule has 2 aromatic rings. The number of benzene rings is 1. The zero-order valence-electron chi connectivity index (χ0n) is 20.7. The Labute approximate surface area is 216 Å². The van der Waals surface area contributed by atoms with Crippen molar-refractivity contribution in [2.45, 2.75) is 70.0 Å². The Hall–Kier alpha value is -2.58. The molecule has 2 aliphatic heterocycles. The minimum Gasteiger partial charge on any atom is -0.378 e. The first-order valence-corrected chi connectivity index (χ1v) is 14.2. The van der Waals surface area contributed by atoms with Gasteiger partial charge in [0.25, 0.3) is 5.91 Å². The first-order chi connectivity index (χ1) is 17.7. The minimum atomic E-state index is 0.0878. The van der Waals surface area contributed by atoms with Gasteiger partial charge in [0.05, 0.1) is 24.2 Å². The molecular weight excluding hydrogens is 472 g/mol. The average molecular weight is 507 g/mol. The number of ether oxygens (including phenoxy) is 1. The first kappa shape index (κ1) is 23.8. The summed E-state index contributed by atoms with van der Waals surface area (Å²) >= 11 is 1.54. The third-order valence-electron chi connectivity index (χ3n) is 7.92. The molecule has 6 rings (SSSR count). The van der Waals surface area contributed by atoms with E-state index in [-0.39, 0.29) is 24.4 Å². The molecule has 2 saturated heterocycles. The number of carbonyl (C=O) groups is 2. The van der Waals surface area contributed by atoms with Crippen LogP contribution in [0.25, 0.3) is 17.0 Å². The van der Waals surface area contributed by atoms with E-state index in [9.17, 15) is 9.59 Å². The fraction of sp³-hybridized carbons (Fsp3) is 0.536. The number of fused-ring (bicyclic) bond motifs is 1. The predicted molar refractivity (Wildman–Crippen MR) is 144 cm³/mol. The van der Waals surface area contributed by atoms with Crippen LogP contribution in [0.2, 0.25) is 0 Å². The van der Waals surface area contributed by atoms with Crippen LogP contribution in [0.5, 0.6) is 0 Å². The number of carbonyl (C=O) groups excluding carboxylic acids is 2. The van der Waals surface area contributed by atoms with Gasteiger partial charge in [0.1, 0.15) is 6.54 Å². The average Bonchev–Trinajstić information content (AvgIpc) is 3.70. The molecule has 1 aromatic heterocycles. The van der Waals surface area contributed by atoms with Crippen LogP contribution >= 0.6 is 11.8 Å². The largest absolute Gasteiger partial charge is 0.378 e. The highest BCUT2D eigenvalue weighted by Crippen LogP contribution is 2.39. The van der Waals surface area contributed by atoms with Gasteiger partial charge in [-0.25, -0.2) is 0 Å². The van der Waals surface area contributed by atoms with Crippen LogP contribution in [0.15, 0.2) is 40.4 Å². The second-order valence-corrected chi connectivity index (χ2v) is 11.3. The maximum atomic E-state index is 13.7. The molecule has 0 spiro atoms. The number of aromatic nitrogens is 1. The highest BCUT2D eigenvalue weighted by atomic mass is 32.2. The number of thioether (sulfide) groups is 1. The van der Waals surface area contributed by atoms with Crippen molar-refractivity contribution in [3.63, 3.8) is 0 Å². The van der Waals surface area contributed by atoms with Crippen molar-refractivity contribution in [3.8, 4) is 0 Å². The molecule has 1 aromatic carbocycles. The molecule has 2 amide bonds. The normalized spacial score (nSPS) is 24.3. The van der Waals surface area contributed by atoms with E-state index in [0.29, 0.717) is 32.3 Å². The lowest BCUT2D eigenvalue weighted by molar-refractivity contribution is -0.135. The summed E-state index contributed by atoms with van der Waals surface area (Å²) in [4.78, 5) is 36.3. The molecular formula is C28H34N4O3S. The molecule has 4 aliphatic rings. The van der Waals surface area contributed by atoms with Crippen LogP contribution in [-0.4, -0.2) is 69.7 Å². The second-order valence-electron chi connectivity index (χ2n) is 10.3. The minimum absolute atomic E-state index is 0.0878. The quantitative estimate of drug-likeness (QED) is 0.554. The summed E-state index contributed by atoms with van der Waals surface area (Å²) in [6.45, 7) is 2.75. The second kappa shape index (κ2) is 10.4. The third kappa shape index (κ3) is 4.73. The molecule has 8 heteroatoms. The fourth-order valence-corrected chi connectivity index (χ4v) is 7.07. The van der Waals surface area contributed by atoms with Crippen LogP contribution in [0.1, 0.15) is 56.9 Å². The van der Waals surface area contributed by atoms with E-state index in [0.717, 1.165) is 52.2 Å². The summed E-state index contributed by atoms with van der Waals surface area (Å²) in [5.74, 6) is 0.188. The molecule has 190 valence electrons. The van der Waals surface area contributed by atoms with E-state index in [4.69, 9.17) is 9.73 Å². The van der Waals surface area contributed by atoms with Gasteiger partial charge in [-0.1, -0.05) is 43.9 Å². The van der Waals surface area contributed by atoms with Gasteiger partial charge in [-0.3, -0.25) is 19.5 Å². The van der Waals surface area contributed by atoms with E-state index >= 15 is 0 Å². The van der Waals surface area contributed by atoms with Gasteiger partial charge < -0.3 is 14.2 Å². The first-order valence-electron chi connectivity index (χ1n) is 13.4. The Morgan fingerprint density at radius 2 is 1.78 bits per heavy atom. The number of nitrogens with zero attached hydrogens (tertiary/aromatic N) is 4. The monoisotopic (exact) mass is 506 g/mol. The summed E-state index contributed by atoms with van der Waals surface area (Å²) in [5, 5.41) is 1.96. The van der Waals surface area contributed by atoms with Crippen LogP contribution < -0.4 is 0 Å². The van der Waals surface area contributed by atoms with Gasteiger partial charge in [-0.2, -0.15) is 0 Å². The van der Waals surface area contributed by atoms with Crippen molar-refractivity contribution in [1.82, 2.24) is 14.4 Å². The Kier molecular flexibility index (Phi) is 6.89. The zero-order valence-corrected chi connectivity index (χ0v) is 21.5. The summed E-state index contributed by atoms with van der Waals surface area (Å²) in [5.41, 5.74) is 1.98. The molecule has 7 nitrogen and oxygen atoms in total. The van der Waals surface area contributed by atoms with E-state index < -0.39 is 0 Å². The van der Waals surface area contributed by atoms with Crippen molar-refractivity contribution in [2.24, 2.45) is 4.99 Å². The van der Waals surface area contributed by atoms with Crippen molar-refractivity contribution >= 4 is 45.7 Å². The number of morpholine rings is 1. The molecule has 2 aliphatic carbocycles. The summed E-state index contributed by atoms with van der Waals surface area (Å²) < 4.78 is 7.42. The van der Waals surface area contributed by atoms with Gasteiger partial charge in [-0.15, -0.1) is 0 Å². The standard InChI is InChI=1S/C28H34N4O3S/c33-26(30-13-15-35-16-14-30)19-31-18-20(23-11-5-6-12-24(23)31)17-25-27(34)32(22-9-3-4-10-22)28(36-25)29-21-7-1-2-8-21/h5-6,11-12,17-18,21-22H,1-4,7-10,13-16,19H2/b25-17-,29-28?. The Balaban J connectivity index is 1.31. The van der Waals surface area contributed by atoms with Crippen LogP contribution in [-0.2, 0) is 20.9 Å². The van der Waals surface area contributed by atoms with E-state index in [2.05, 4.69) is 6.07 Å². The summed E-state index contributed by atoms with van der Waals surface area (Å²) in [6.07, 6.45) is 13.2. The number of aliphatic imine (C=N–C) groups is 1. The summed E-state index contributed by atoms with van der Waals surface area (Å²) in [7, 11) is 0. The number of para-hydroxylation sites is 1. The third-order valence-corrected chi connectivity index (χ3v) is 8.92. The molecule has 3 heterocycles. The van der Waals surface area contributed by atoms with E-state index in [1.54, 1.807) is 0 Å². The van der Waals surface area contributed by atoms with Crippen molar-refractivity contribution < 1.29 is 14.3 Å². The van der Waals surface area contributed by atoms with E-state index in [1.165, 1.54) is 37.4 Å². The van der Waals surface area contributed by atoms with Crippen LogP contribution in [0.4, 0.5) is 0 Å². The Morgan fingerprint density at radius 3 is 2.56 bits per heavy atom. The molecule has 0 unspecified atom stereocenters. The lowest BCUT2D eigenvalue weighted by atomic mass is 10.1. The predicted octanol–water partition coefficient (Wildman–Crippen LogP) is 4.66. The van der Waals surface area contributed by atoms with Crippen LogP contribution in [0.3, 0.4) is 0 Å². The molecule has 0 N–H and O–H groups in total. The van der Waals surface area contributed by atoms with E-state index in [1.807, 2.05) is 44.8 Å². The highest BCUT2D eigenvalue weighted by Gasteiger charge is 2.40. The molecule has 0 atom stereocenters. The number of hydrogen-bond donors (Lipinski definition) is 0. The maximum Gasteiger partial charge on any atom is 0.267 e. The molecule has 4 fully saturated rings. The number of amidine groups is 1. The van der Waals surface area contributed by atoms with Crippen molar-refractivity contribution in [2.75, 3.05) is 26.3 Å². The zero-order chi connectivity index (χ0) is 24.5. The smallest absolute Gasteiger partial charge is 0.267 e. The lowest BCUT2D eigenvalue weighted by Gasteiger charge is -2.27. The number of rotatable bonds is 5. The molecule has 0 radical (unpaired) electrons. The van der Waals surface area contributed by atoms with Gasteiger partial charge in [-0.05, 0) is 49.6 Å². The fourth-order valence-electron chi connectivity index (χ4n) is 5.97. The molecule has 0 bridgehead atoms. The van der Waals surface area contributed by atoms with Crippen molar-refractivity contribution in [3.05, 3.63) is 40.9 Å². The molecule has 2 saturated carbocycles. The lowest BCUT2D eigenvalue weighted by Crippen LogP contribution is -2.42. The van der Waals surface area contributed by atoms with Gasteiger partial charge >= 0.3 is 0 Å². The number of amides is 2. The maximum absolute atomic E-state index is 13.7. The Morgan fingerprint density at radius 1 is 1.06 bits per heavy atom. The van der Waals surface area contributed by atoms with Crippen LogP contribution in [0, 0.1) is 0 Å². The topological polar surface area (TPSA) is 67.1 Å². The van der Waals surface area contributed by atoms with Gasteiger partial charge in [0, 0.05) is 41.8 Å². The SMILES string of the molecule is O=C(Cn1cc(/C=C2\SC(=NC3CCCC3)N(C3CCCC3)C2=O)c2ccccc21)N1CCOCC1.